The molecule has 19 heavy (non-hydrogen) atoms. The molecular formula is C15H28N2O2. The first-order valence-electron chi connectivity index (χ1n) is 7.68. The van der Waals surface area contributed by atoms with Crippen molar-refractivity contribution in [3.63, 3.8) is 0 Å². The van der Waals surface area contributed by atoms with E-state index < -0.39 is 11.5 Å². The highest BCUT2D eigenvalue weighted by Crippen LogP contribution is 2.36. The fraction of sp³-hybridized carbons (Fsp3) is 0.933. The molecule has 2 rings (SSSR count). The van der Waals surface area contributed by atoms with Gasteiger partial charge in [0.1, 0.15) is 5.54 Å². The number of nitrogens with zero attached hydrogens (tertiary/aromatic N) is 1. The number of carbonyl (C=O) groups is 1. The Morgan fingerprint density at radius 1 is 1.37 bits per heavy atom. The zero-order valence-electron chi connectivity index (χ0n) is 12.3. The lowest BCUT2D eigenvalue weighted by Gasteiger charge is -2.36. The van der Waals surface area contributed by atoms with Gasteiger partial charge in [0.2, 0.25) is 0 Å². The molecule has 0 bridgehead atoms. The van der Waals surface area contributed by atoms with Crippen molar-refractivity contribution in [2.45, 2.75) is 51.5 Å². The maximum Gasteiger partial charge on any atom is 0.323 e. The molecule has 4 unspecified atom stereocenters. The number of piperidine rings is 1. The summed E-state index contributed by atoms with van der Waals surface area (Å²) in [5, 5.41) is 9.32. The Bertz CT molecular complexity index is 334. The van der Waals surface area contributed by atoms with Crippen molar-refractivity contribution in [2.24, 2.45) is 23.5 Å². The standard InChI is InChI=1S/C15H28N2O2/c1-11-5-8-17(10-12(11)2)9-6-13-4-3-7-15(13,16)14(18)19/h11-13H,3-10,16H2,1-2H3,(H,18,19). The third kappa shape index (κ3) is 3.11. The summed E-state index contributed by atoms with van der Waals surface area (Å²) in [5.74, 6) is 0.907. The lowest BCUT2D eigenvalue weighted by molar-refractivity contribution is -0.144. The molecule has 0 aromatic rings. The molecule has 4 atom stereocenters. The van der Waals surface area contributed by atoms with Gasteiger partial charge in [0.25, 0.3) is 0 Å². The molecule has 3 N–H and O–H groups in total. The first-order chi connectivity index (χ1) is 8.93. The quantitative estimate of drug-likeness (QED) is 0.817. The lowest BCUT2D eigenvalue weighted by Crippen LogP contribution is -2.51. The molecule has 0 amide bonds. The molecule has 1 saturated carbocycles. The van der Waals surface area contributed by atoms with Gasteiger partial charge in [-0.25, -0.2) is 0 Å². The molecule has 4 heteroatoms. The number of nitrogens with two attached hydrogens (primary N) is 1. The third-order valence-corrected chi connectivity index (χ3v) is 5.48. The summed E-state index contributed by atoms with van der Waals surface area (Å²) in [6.07, 6.45) is 4.77. The van der Waals surface area contributed by atoms with Crippen molar-refractivity contribution in [3.8, 4) is 0 Å². The van der Waals surface area contributed by atoms with Gasteiger partial charge in [-0.3, -0.25) is 4.79 Å². The van der Waals surface area contributed by atoms with E-state index in [0.29, 0.717) is 6.42 Å². The van der Waals surface area contributed by atoms with Gasteiger partial charge in [-0.05, 0) is 56.5 Å². The van der Waals surface area contributed by atoms with E-state index in [2.05, 4.69) is 18.7 Å². The third-order valence-electron chi connectivity index (χ3n) is 5.48. The summed E-state index contributed by atoms with van der Waals surface area (Å²) >= 11 is 0. The number of rotatable bonds is 4. The number of carboxylic acid groups (broad SMARTS) is 1. The molecule has 0 spiro atoms. The maximum atomic E-state index is 11.3. The molecule has 4 nitrogen and oxygen atoms in total. The Kier molecular flexibility index (Phi) is 4.51. The zero-order chi connectivity index (χ0) is 14.0. The number of aliphatic carboxylic acids is 1. The second kappa shape index (κ2) is 5.80. The van der Waals surface area contributed by atoms with Crippen LogP contribution in [0.15, 0.2) is 0 Å². The van der Waals surface area contributed by atoms with Crippen LogP contribution in [-0.2, 0) is 4.79 Å². The van der Waals surface area contributed by atoms with Gasteiger partial charge < -0.3 is 15.7 Å². The smallest absolute Gasteiger partial charge is 0.323 e. The first kappa shape index (κ1) is 14.8. The lowest BCUT2D eigenvalue weighted by atomic mass is 9.84. The highest BCUT2D eigenvalue weighted by Gasteiger charge is 2.45. The predicted molar refractivity (Wildman–Crippen MR) is 75.9 cm³/mol. The predicted octanol–water partition coefficient (Wildman–Crippen LogP) is 1.94. The van der Waals surface area contributed by atoms with E-state index in [1.807, 2.05) is 0 Å². The molecular weight excluding hydrogens is 240 g/mol. The van der Waals surface area contributed by atoms with Gasteiger partial charge in [-0.15, -0.1) is 0 Å². The van der Waals surface area contributed by atoms with E-state index in [1.165, 1.54) is 6.42 Å². The summed E-state index contributed by atoms with van der Waals surface area (Å²) in [7, 11) is 0. The zero-order valence-corrected chi connectivity index (χ0v) is 12.3. The Balaban J connectivity index is 1.84. The fourth-order valence-electron chi connectivity index (χ4n) is 3.68. The molecule has 110 valence electrons. The number of hydrogen-bond donors (Lipinski definition) is 2. The van der Waals surface area contributed by atoms with Crippen molar-refractivity contribution in [1.82, 2.24) is 4.90 Å². The van der Waals surface area contributed by atoms with Crippen LogP contribution in [-0.4, -0.2) is 41.1 Å². The molecule has 1 heterocycles. The molecule has 0 radical (unpaired) electrons. The molecule has 2 aliphatic rings. The monoisotopic (exact) mass is 268 g/mol. The van der Waals surface area contributed by atoms with Crippen LogP contribution in [0.4, 0.5) is 0 Å². The van der Waals surface area contributed by atoms with E-state index in [-0.39, 0.29) is 5.92 Å². The van der Waals surface area contributed by atoms with Crippen LogP contribution in [0.5, 0.6) is 0 Å². The van der Waals surface area contributed by atoms with E-state index in [0.717, 1.165) is 50.7 Å². The maximum absolute atomic E-state index is 11.3. The van der Waals surface area contributed by atoms with Gasteiger partial charge in [-0.1, -0.05) is 20.3 Å². The Morgan fingerprint density at radius 3 is 2.74 bits per heavy atom. The van der Waals surface area contributed by atoms with E-state index >= 15 is 0 Å². The summed E-state index contributed by atoms with van der Waals surface area (Å²) in [5.41, 5.74) is 5.13. The van der Waals surface area contributed by atoms with Crippen molar-refractivity contribution >= 4 is 5.97 Å². The Morgan fingerprint density at radius 2 is 2.11 bits per heavy atom. The summed E-state index contributed by atoms with van der Waals surface area (Å²) < 4.78 is 0. The average molecular weight is 268 g/mol. The average Bonchev–Trinajstić information content (AvgIpc) is 2.74. The van der Waals surface area contributed by atoms with Crippen molar-refractivity contribution < 1.29 is 9.90 Å². The van der Waals surface area contributed by atoms with Crippen LogP contribution >= 0.6 is 0 Å². The van der Waals surface area contributed by atoms with Crippen LogP contribution < -0.4 is 5.73 Å². The van der Waals surface area contributed by atoms with Crippen LogP contribution in [0.3, 0.4) is 0 Å². The van der Waals surface area contributed by atoms with E-state index in [4.69, 9.17) is 5.73 Å². The molecule has 1 saturated heterocycles. The normalized spacial score (nSPS) is 40.5. The van der Waals surface area contributed by atoms with Crippen LogP contribution in [0, 0.1) is 17.8 Å². The van der Waals surface area contributed by atoms with Crippen molar-refractivity contribution in [1.29, 1.82) is 0 Å². The van der Waals surface area contributed by atoms with Gasteiger partial charge in [0.15, 0.2) is 0 Å². The van der Waals surface area contributed by atoms with E-state index in [9.17, 15) is 9.90 Å². The van der Waals surface area contributed by atoms with Crippen molar-refractivity contribution in [3.05, 3.63) is 0 Å². The highest BCUT2D eigenvalue weighted by atomic mass is 16.4. The molecule has 1 aliphatic heterocycles. The van der Waals surface area contributed by atoms with Gasteiger partial charge in [0.05, 0.1) is 0 Å². The van der Waals surface area contributed by atoms with Gasteiger partial charge >= 0.3 is 5.97 Å². The Hall–Kier alpha value is -0.610. The van der Waals surface area contributed by atoms with Gasteiger partial charge in [-0.2, -0.15) is 0 Å². The Labute approximate surface area is 116 Å². The number of hydrogen-bond acceptors (Lipinski definition) is 3. The first-order valence-corrected chi connectivity index (χ1v) is 7.68. The molecule has 0 aromatic carbocycles. The van der Waals surface area contributed by atoms with Crippen LogP contribution in [0.25, 0.3) is 0 Å². The SMILES string of the molecule is CC1CCN(CCC2CCCC2(N)C(=O)O)CC1C. The van der Waals surface area contributed by atoms with Crippen LogP contribution in [0.1, 0.15) is 46.0 Å². The largest absolute Gasteiger partial charge is 0.480 e. The molecule has 0 aromatic heterocycles. The minimum Gasteiger partial charge on any atom is -0.480 e. The van der Waals surface area contributed by atoms with E-state index in [1.54, 1.807) is 0 Å². The number of carboxylic acids is 1. The number of likely N-dealkylation sites (tertiary alicyclic amines) is 1. The second-order valence-corrected chi connectivity index (χ2v) is 6.77. The van der Waals surface area contributed by atoms with Crippen LogP contribution in [0.2, 0.25) is 0 Å². The summed E-state index contributed by atoms with van der Waals surface area (Å²) in [6.45, 7) is 7.96. The highest BCUT2D eigenvalue weighted by molar-refractivity contribution is 5.79. The summed E-state index contributed by atoms with van der Waals surface area (Å²) in [4.78, 5) is 13.8. The molecule has 2 fully saturated rings. The van der Waals surface area contributed by atoms with Crippen molar-refractivity contribution in [2.75, 3.05) is 19.6 Å². The van der Waals surface area contributed by atoms with Gasteiger partial charge in [0, 0.05) is 6.54 Å². The fourth-order valence-corrected chi connectivity index (χ4v) is 3.68. The minimum atomic E-state index is -0.964. The summed E-state index contributed by atoms with van der Waals surface area (Å²) in [6, 6.07) is 0. The molecule has 1 aliphatic carbocycles. The minimum absolute atomic E-state index is 0.152. The second-order valence-electron chi connectivity index (χ2n) is 6.77. The topological polar surface area (TPSA) is 66.6 Å².